The zero-order valence-electron chi connectivity index (χ0n) is 13.9. The van der Waals surface area contributed by atoms with E-state index in [1.807, 2.05) is 0 Å². The second-order valence-corrected chi connectivity index (χ2v) is 6.77. The molecule has 1 aliphatic rings. The first-order chi connectivity index (χ1) is 9.22. The van der Waals surface area contributed by atoms with Crippen LogP contribution < -0.4 is 5.32 Å². The molecule has 19 heavy (non-hydrogen) atoms. The van der Waals surface area contributed by atoms with E-state index < -0.39 is 0 Å². The van der Waals surface area contributed by atoms with Crippen molar-refractivity contribution in [2.45, 2.75) is 91.5 Å². The van der Waals surface area contributed by atoms with Crippen molar-refractivity contribution in [2.24, 2.45) is 17.8 Å². The number of hydrogen-bond acceptors (Lipinski definition) is 1. The molecule has 2 unspecified atom stereocenters. The van der Waals surface area contributed by atoms with E-state index >= 15 is 0 Å². The molecule has 0 heterocycles. The van der Waals surface area contributed by atoms with Gasteiger partial charge in [0.15, 0.2) is 0 Å². The fourth-order valence-corrected chi connectivity index (χ4v) is 4.03. The first-order valence-corrected chi connectivity index (χ1v) is 8.96. The Bertz CT molecular complexity index is 206. The van der Waals surface area contributed by atoms with E-state index in [2.05, 4.69) is 33.0 Å². The highest BCUT2D eigenvalue weighted by atomic mass is 14.9. The molecule has 114 valence electrons. The van der Waals surface area contributed by atoms with Gasteiger partial charge in [-0.25, -0.2) is 0 Å². The Morgan fingerprint density at radius 1 is 1.00 bits per heavy atom. The van der Waals surface area contributed by atoms with Crippen molar-refractivity contribution >= 4 is 0 Å². The van der Waals surface area contributed by atoms with Crippen LogP contribution in [-0.2, 0) is 0 Å². The third-order valence-corrected chi connectivity index (χ3v) is 5.16. The minimum Gasteiger partial charge on any atom is -0.314 e. The summed E-state index contributed by atoms with van der Waals surface area (Å²) in [6.07, 6.45) is 12.9. The van der Waals surface area contributed by atoms with Crippen LogP contribution in [0.25, 0.3) is 0 Å². The predicted molar refractivity (Wildman–Crippen MR) is 86.5 cm³/mol. The maximum absolute atomic E-state index is 3.79. The fourth-order valence-electron chi connectivity index (χ4n) is 4.03. The quantitative estimate of drug-likeness (QED) is 0.590. The molecule has 2 atom stereocenters. The Kier molecular flexibility index (Phi) is 8.77. The highest BCUT2D eigenvalue weighted by Crippen LogP contribution is 2.36. The molecule has 0 aromatic rings. The molecule has 1 nitrogen and oxygen atoms in total. The predicted octanol–water partition coefficient (Wildman–Crippen LogP) is 5.40. The minimum absolute atomic E-state index is 0.775. The summed E-state index contributed by atoms with van der Waals surface area (Å²) in [5.74, 6) is 2.83. The normalized spacial score (nSPS) is 27.2. The molecule has 1 fully saturated rings. The minimum atomic E-state index is 0.775. The van der Waals surface area contributed by atoms with Gasteiger partial charge in [-0.2, -0.15) is 0 Å². The highest BCUT2D eigenvalue weighted by molar-refractivity contribution is 4.85. The monoisotopic (exact) mass is 267 g/mol. The van der Waals surface area contributed by atoms with Crippen LogP contribution in [0.4, 0.5) is 0 Å². The van der Waals surface area contributed by atoms with Gasteiger partial charge in [-0.3, -0.25) is 0 Å². The van der Waals surface area contributed by atoms with Gasteiger partial charge in [0.2, 0.25) is 0 Å². The van der Waals surface area contributed by atoms with Crippen molar-refractivity contribution in [3.05, 3.63) is 0 Å². The van der Waals surface area contributed by atoms with Gasteiger partial charge < -0.3 is 5.32 Å². The smallest absolute Gasteiger partial charge is 0.0121 e. The molecular weight excluding hydrogens is 230 g/mol. The lowest BCUT2D eigenvalue weighted by molar-refractivity contribution is 0.175. The van der Waals surface area contributed by atoms with Crippen molar-refractivity contribution in [3.8, 4) is 0 Å². The van der Waals surface area contributed by atoms with E-state index in [4.69, 9.17) is 0 Å². The molecule has 0 spiro atoms. The number of nitrogens with one attached hydrogen (secondary N) is 1. The molecule has 1 aliphatic carbocycles. The molecule has 0 saturated heterocycles. The summed E-state index contributed by atoms with van der Waals surface area (Å²) >= 11 is 0. The Morgan fingerprint density at radius 3 is 2.21 bits per heavy atom. The third kappa shape index (κ3) is 5.85. The Hall–Kier alpha value is -0.0400. The second kappa shape index (κ2) is 9.80. The van der Waals surface area contributed by atoms with Crippen LogP contribution in [0.3, 0.4) is 0 Å². The van der Waals surface area contributed by atoms with Crippen LogP contribution in [0, 0.1) is 17.8 Å². The lowest BCUT2D eigenvalue weighted by Gasteiger charge is -2.37. The summed E-state index contributed by atoms with van der Waals surface area (Å²) in [5, 5.41) is 3.79. The highest BCUT2D eigenvalue weighted by Gasteiger charge is 2.29. The van der Waals surface area contributed by atoms with Crippen LogP contribution in [0.15, 0.2) is 0 Å². The standard InChI is InChI=1S/C18H37N/c1-5-8-10-16-11-13-17(14-12-16)18(19-7-3)15(4)9-6-2/h15-19H,5-14H2,1-4H3. The molecule has 0 aromatic heterocycles. The fraction of sp³-hybridized carbons (Fsp3) is 1.00. The van der Waals surface area contributed by atoms with Gasteiger partial charge in [0.25, 0.3) is 0 Å². The molecule has 0 bridgehead atoms. The summed E-state index contributed by atoms with van der Waals surface area (Å²) in [6, 6.07) is 0.775. The lowest BCUT2D eigenvalue weighted by Crippen LogP contribution is -2.42. The first-order valence-electron chi connectivity index (χ1n) is 8.96. The summed E-state index contributed by atoms with van der Waals surface area (Å²) in [6.45, 7) is 10.5. The summed E-state index contributed by atoms with van der Waals surface area (Å²) in [4.78, 5) is 0. The van der Waals surface area contributed by atoms with Gasteiger partial charge in [-0.05, 0) is 43.6 Å². The topological polar surface area (TPSA) is 12.0 Å². The van der Waals surface area contributed by atoms with Crippen LogP contribution in [0.5, 0.6) is 0 Å². The maximum atomic E-state index is 3.79. The van der Waals surface area contributed by atoms with E-state index in [1.54, 1.807) is 0 Å². The molecule has 1 N–H and O–H groups in total. The summed E-state index contributed by atoms with van der Waals surface area (Å²) in [5.41, 5.74) is 0. The van der Waals surface area contributed by atoms with Gasteiger partial charge in [0.05, 0.1) is 0 Å². The molecule has 1 heteroatoms. The average molecular weight is 268 g/mol. The van der Waals surface area contributed by atoms with Crippen LogP contribution in [0.1, 0.15) is 85.5 Å². The van der Waals surface area contributed by atoms with Gasteiger partial charge in [0, 0.05) is 6.04 Å². The molecule has 1 rings (SSSR count). The number of hydrogen-bond donors (Lipinski definition) is 1. The van der Waals surface area contributed by atoms with E-state index in [0.29, 0.717) is 0 Å². The molecule has 1 saturated carbocycles. The largest absolute Gasteiger partial charge is 0.314 e. The van der Waals surface area contributed by atoms with Crippen molar-refractivity contribution in [1.82, 2.24) is 5.32 Å². The van der Waals surface area contributed by atoms with Crippen LogP contribution in [0.2, 0.25) is 0 Å². The maximum Gasteiger partial charge on any atom is 0.0121 e. The Balaban J connectivity index is 2.40. The summed E-state index contributed by atoms with van der Waals surface area (Å²) < 4.78 is 0. The zero-order valence-corrected chi connectivity index (χ0v) is 13.9. The van der Waals surface area contributed by atoms with Crippen LogP contribution >= 0.6 is 0 Å². The van der Waals surface area contributed by atoms with Crippen molar-refractivity contribution in [2.75, 3.05) is 6.54 Å². The van der Waals surface area contributed by atoms with E-state index in [1.165, 1.54) is 57.8 Å². The average Bonchev–Trinajstić information content (AvgIpc) is 2.43. The Morgan fingerprint density at radius 2 is 1.68 bits per heavy atom. The summed E-state index contributed by atoms with van der Waals surface area (Å²) in [7, 11) is 0. The number of unbranched alkanes of at least 4 members (excludes halogenated alkanes) is 1. The van der Waals surface area contributed by atoms with Gasteiger partial charge in [0.1, 0.15) is 0 Å². The Labute approximate surface area is 121 Å². The molecule has 0 radical (unpaired) electrons. The molecular formula is C18H37N. The van der Waals surface area contributed by atoms with Crippen molar-refractivity contribution in [1.29, 1.82) is 0 Å². The zero-order chi connectivity index (χ0) is 14.1. The van der Waals surface area contributed by atoms with E-state index in [9.17, 15) is 0 Å². The van der Waals surface area contributed by atoms with Gasteiger partial charge in [-0.15, -0.1) is 0 Å². The second-order valence-electron chi connectivity index (χ2n) is 6.77. The van der Waals surface area contributed by atoms with Gasteiger partial charge in [-0.1, -0.05) is 66.2 Å². The molecule has 0 amide bonds. The molecule has 0 aromatic carbocycles. The van der Waals surface area contributed by atoms with Crippen molar-refractivity contribution < 1.29 is 0 Å². The lowest BCUT2D eigenvalue weighted by atomic mass is 9.73. The number of rotatable bonds is 9. The van der Waals surface area contributed by atoms with E-state index in [-0.39, 0.29) is 0 Å². The van der Waals surface area contributed by atoms with Gasteiger partial charge >= 0.3 is 0 Å². The van der Waals surface area contributed by atoms with Crippen molar-refractivity contribution in [3.63, 3.8) is 0 Å². The first kappa shape index (κ1) is 17.0. The third-order valence-electron chi connectivity index (χ3n) is 5.16. The van der Waals surface area contributed by atoms with Crippen LogP contribution in [-0.4, -0.2) is 12.6 Å². The SMILES string of the molecule is CCCCC1CCC(C(NCC)C(C)CCC)CC1. The van der Waals surface area contributed by atoms with E-state index in [0.717, 1.165) is 30.3 Å². The molecule has 0 aliphatic heterocycles.